The number of hydrogen-bond acceptors (Lipinski definition) is 3. The zero-order chi connectivity index (χ0) is 17.5. The van der Waals surface area contributed by atoms with Crippen molar-refractivity contribution >= 4 is 12.0 Å². The molecular weight excluding hydrogens is 286 g/mol. The van der Waals surface area contributed by atoms with E-state index in [0.717, 1.165) is 11.1 Å². The van der Waals surface area contributed by atoms with Crippen molar-refractivity contribution in [2.45, 2.75) is 6.92 Å². The molecule has 1 rings (SSSR count). The van der Waals surface area contributed by atoms with Gasteiger partial charge in [-0.25, -0.2) is 4.79 Å². The first-order valence-corrected chi connectivity index (χ1v) is 6.91. The van der Waals surface area contributed by atoms with E-state index in [4.69, 9.17) is 5.26 Å². The predicted octanol–water partition coefficient (Wildman–Crippen LogP) is 4.63. The molecule has 118 valence electrons. The van der Waals surface area contributed by atoms with E-state index >= 15 is 0 Å². The molecule has 0 fully saturated rings. The maximum atomic E-state index is 10.2. The van der Waals surface area contributed by atoms with Gasteiger partial charge < -0.3 is 4.74 Å². The maximum Gasteiger partial charge on any atom is 0.332 e. The van der Waals surface area contributed by atoms with E-state index in [0.29, 0.717) is 5.57 Å². The van der Waals surface area contributed by atoms with Gasteiger partial charge >= 0.3 is 5.97 Å². The Hall–Kier alpha value is -3.12. The predicted molar refractivity (Wildman–Crippen MR) is 95.3 cm³/mol. The minimum absolute atomic E-state index is 0.347. The van der Waals surface area contributed by atoms with E-state index in [-0.39, 0.29) is 5.97 Å². The minimum atomic E-state index is -0.347. The van der Waals surface area contributed by atoms with Crippen LogP contribution in [0.2, 0.25) is 0 Å². The molecule has 0 bridgehead atoms. The summed E-state index contributed by atoms with van der Waals surface area (Å²) < 4.78 is 4.27. The smallest absolute Gasteiger partial charge is 0.332 e. The second kappa shape index (κ2) is 12.6. The summed E-state index contributed by atoms with van der Waals surface area (Å²) in [7, 11) is 1.33. The quantitative estimate of drug-likeness (QED) is 0.345. The van der Waals surface area contributed by atoms with Crippen LogP contribution in [0.4, 0.5) is 0 Å². The number of nitrogens with zero attached hydrogens (tertiary/aromatic N) is 1. The summed E-state index contributed by atoms with van der Waals surface area (Å²) in [4.78, 5) is 10.2. The van der Waals surface area contributed by atoms with Crippen LogP contribution in [-0.4, -0.2) is 13.1 Å². The molecule has 0 spiro atoms. The third-order valence-electron chi connectivity index (χ3n) is 2.46. The largest absolute Gasteiger partial charge is 0.466 e. The average Bonchev–Trinajstić information content (AvgIpc) is 2.58. The lowest BCUT2D eigenvalue weighted by Gasteiger charge is -1.92. The zero-order valence-corrected chi connectivity index (χ0v) is 13.5. The third-order valence-corrected chi connectivity index (χ3v) is 2.46. The summed E-state index contributed by atoms with van der Waals surface area (Å²) in [5, 5.41) is 8.61. The molecule has 0 aromatic heterocycles. The lowest BCUT2D eigenvalue weighted by molar-refractivity contribution is -0.136. The highest BCUT2D eigenvalue weighted by Crippen LogP contribution is 2.06. The first-order valence-electron chi connectivity index (χ1n) is 6.91. The first kappa shape index (κ1) is 19.9. The molecule has 0 unspecified atom stereocenters. The van der Waals surface area contributed by atoms with Gasteiger partial charge in [-0.3, -0.25) is 0 Å². The normalized spacial score (nSPS) is 10.6. The van der Waals surface area contributed by atoms with Crippen molar-refractivity contribution in [2.75, 3.05) is 7.11 Å². The van der Waals surface area contributed by atoms with Crippen molar-refractivity contribution in [1.29, 1.82) is 5.26 Å². The van der Waals surface area contributed by atoms with Crippen LogP contribution in [0.5, 0.6) is 0 Å². The SMILES string of the molecule is C=C(C)C(=O)OC.C=CC=CC(C=Cc1ccccc1)=CC#N. The summed E-state index contributed by atoms with van der Waals surface area (Å²) in [5.74, 6) is -0.347. The Morgan fingerprint density at radius 3 is 2.35 bits per heavy atom. The van der Waals surface area contributed by atoms with Crippen LogP contribution >= 0.6 is 0 Å². The molecule has 0 atom stereocenters. The summed E-state index contributed by atoms with van der Waals surface area (Å²) in [6, 6.07) is 12.0. The summed E-state index contributed by atoms with van der Waals surface area (Å²) >= 11 is 0. The number of rotatable bonds is 5. The highest BCUT2D eigenvalue weighted by atomic mass is 16.5. The zero-order valence-electron chi connectivity index (χ0n) is 13.5. The third kappa shape index (κ3) is 10.3. The van der Waals surface area contributed by atoms with Crippen molar-refractivity contribution in [3.8, 4) is 6.07 Å². The summed E-state index contributed by atoms with van der Waals surface area (Å²) in [6.45, 7) is 8.54. The molecule has 0 aliphatic carbocycles. The lowest BCUT2D eigenvalue weighted by atomic mass is 10.1. The highest BCUT2D eigenvalue weighted by Gasteiger charge is 1.95. The van der Waals surface area contributed by atoms with Crippen LogP contribution in [-0.2, 0) is 9.53 Å². The van der Waals surface area contributed by atoms with Crippen LogP contribution in [0, 0.1) is 11.3 Å². The van der Waals surface area contributed by atoms with E-state index in [1.54, 1.807) is 19.1 Å². The Morgan fingerprint density at radius 2 is 1.91 bits per heavy atom. The molecular formula is C20H21NO2. The Balaban J connectivity index is 0.000000585. The van der Waals surface area contributed by atoms with Crippen molar-refractivity contribution in [1.82, 2.24) is 0 Å². The Bertz CT molecular complexity index is 644. The molecule has 0 saturated heterocycles. The van der Waals surface area contributed by atoms with Gasteiger partial charge in [-0.05, 0) is 18.1 Å². The number of allylic oxidation sites excluding steroid dienone is 6. The van der Waals surface area contributed by atoms with Crippen LogP contribution in [0.15, 0.2) is 85.0 Å². The van der Waals surface area contributed by atoms with Crippen molar-refractivity contribution in [2.24, 2.45) is 0 Å². The molecule has 1 aromatic carbocycles. The molecule has 1 aromatic rings. The molecule has 0 aliphatic rings. The fraction of sp³-hybridized carbons (Fsp3) is 0.100. The van der Waals surface area contributed by atoms with Crippen molar-refractivity contribution in [3.05, 3.63) is 90.6 Å². The molecule has 23 heavy (non-hydrogen) atoms. The van der Waals surface area contributed by atoms with Gasteiger partial charge in [-0.2, -0.15) is 5.26 Å². The van der Waals surface area contributed by atoms with Crippen molar-refractivity contribution in [3.63, 3.8) is 0 Å². The van der Waals surface area contributed by atoms with Crippen LogP contribution in [0.25, 0.3) is 6.08 Å². The number of carbonyl (C=O) groups is 1. The number of ether oxygens (including phenoxy) is 1. The van der Waals surface area contributed by atoms with Crippen LogP contribution in [0.1, 0.15) is 12.5 Å². The number of carbonyl (C=O) groups excluding carboxylic acids is 1. The van der Waals surface area contributed by atoms with Gasteiger partial charge in [0.1, 0.15) is 0 Å². The highest BCUT2D eigenvalue weighted by molar-refractivity contribution is 5.86. The fourth-order valence-corrected chi connectivity index (χ4v) is 1.34. The second-order valence-corrected chi connectivity index (χ2v) is 4.38. The molecule has 0 heterocycles. The fourth-order valence-electron chi connectivity index (χ4n) is 1.34. The number of nitriles is 1. The topological polar surface area (TPSA) is 50.1 Å². The van der Waals surface area contributed by atoms with E-state index in [9.17, 15) is 4.79 Å². The first-order chi connectivity index (χ1) is 11.0. The molecule has 0 radical (unpaired) electrons. The van der Waals surface area contributed by atoms with Gasteiger partial charge in [-0.1, -0.05) is 73.9 Å². The van der Waals surface area contributed by atoms with Gasteiger partial charge in [0, 0.05) is 11.6 Å². The van der Waals surface area contributed by atoms with Gasteiger partial charge in [0.2, 0.25) is 0 Å². The number of esters is 1. The molecule has 0 aliphatic heterocycles. The Labute approximate surface area is 138 Å². The van der Waals surface area contributed by atoms with Gasteiger partial charge in [0.05, 0.1) is 13.2 Å². The number of benzene rings is 1. The summed E-state index contributed by atoms with van der Waals surface area (Å²) in [5.41, 5.74) is 2.40. The number of hydrogen-bond donors (Lipinski definition) is 0. The van der Waals surface area contributed by atoms with Crippen molar-refractivity contribution < 1.29 is 9.53 Å². The standard InChI is InChI=1S/C15H13N.C5H8O2/c1-2-3-7-15(12-13-16)11-10-14-8-5-4-6-9-14;1-4(2)5(6)7-3/h2-12H,1H2;1H2,2-3H3. The maximum absolute atomic E-state index is 10.2. The molecule has 0 amide bonds. The average molecular weight is 307 g/mol. The van der Waals surface area contributed by atoms with Crippen LogP contribution < -0.4 is 0 Å². The molecule has 0 N–H and O–H groups in total. The summed E-state index contributed by atoms with van der Waals surface area (Å²) in [6.07, 6.45) is 10.7. The minimum Gasteiger partial charge on any atom is -0.466 e. The van der Waals surface area contributed by atoms with E-state index < -0.39 is 0 Å². The van der Waals surface area contributed by atoms with Gasteiger partial charge in [-0.15, -0.1) is 0 Å². The van der Waals surface area contributed by atoms with E-state index in [1.165, 1.54) is 13.2 Å². The lowest BCUT2D eigenvalue weighted by Crippen LogP contribution is -1.98. The monoisotopic (exact) mass is 307 g/mol. The van der Waals surface area contributed by atoms with Crippen LogP contribution in [0.3, 0.4) is 0 Å². The Kier molecular flexibility index (Phi) is 10.9. The second-order valence-electron chi connectivity index (χ2n) is 4.38. The molecule has 3 heteroatoms. The molecule has 0 saturated carbocycles. The van der Waals surface area contributed by atoms with Gasteiger partial charge in [0.15, 0.2) is 0 Å². The van der Waals surface area contributed by atoms with E-state index in [2.05, 4.69) is 17.9 Å². The van der Waals surface area contributed by atoms with Gasteiger partial charge in [0.25, 0.3) is 0 Å². The Morgan fingerprint density at radius 1 is 1.26 bits per heavy atom. The molecule has 3 nitrogen and oxygen atoms in total. The number of methoxy groups -OCH3 is 1. The van der Waals surface area contributed by atoms with E-state index in [1.807, 2.05) is 54.6 Å².